The molecule has 1 aromatic heterocycles. The van der Waals surface area contributed by atoms with E-state index in [4.69, 9.17) is 5.73 Å². The Morgan fingerprint density at radius 1 is 1.35 bits per heavy atom. The van der Waals surface area contributed by atoms with Crippen molar-refractivity contribution in [2.75, 3.05) is 0 Å². The van der Waals surface area contributed by atoms with Crippen molar-refractivity contribution in [3.05, 3.63) is 53.3 Å². The summed E-state index contributed by atoms with van der Waals surface area (Å²) < 4.78 is 0. The van der Waals surface area contributed by atoms with Crippen LogP contribution in [0.4, 0.5) is 0 Å². The van der Waals surface area contributed by atoms with Crippen molar-refractivity contribution in [2.24, 2.45) is 5.73 Å². The summed E-state index contributed by atoms with van der Waals surface area (Å²) in [5.41, 5.74) is 9.91. The number of fused-ring (bicyclic) bond motifs is 1. The smallest absolute Gasteiger partial charge is 0.0532 e. The minimum Gasteiger partial charge on any atom is -0.324 e. The van der Waals surface area contributed by atoms with E-state index in [0.717, 1.165) is 13.0 Å². The highest BCUT2D eigenvalue weighted by molar-refractivity contribution is 5.37. The zero-order valence-electron chi connectivity index (χ0n) is 9.56. The third kappa shape index (κ3) is 1.97. The summed E-state index contributed by atoms with van der Waals surface area (Å²) in [6.07, 6.45) is 4.72. The van der Waals surface area contributed by atoms with Gasteiger partial charge in [0.2, 0.25) is 0 Å². The first kappa shape index (κ1) is 10.5. The number of nitrogens with two attached hydrogens (primary N) is 1. The molecule has 1 aliphatic carbocycles. The Kier molecular flexibility index (Phi) is 2.66. The van der Waals surface area contributed by atoms with E-state index >= 15 is 0 Å². The van der Waals surface area contributed by atoms with Crippen LogP contribution in [0.1, 0.15) is 35.2 Å². The van der Waals surface area contributed by atoms with E-state index in [1.165, 1.54) is 16.7 Å². The molecule has 0 radical (unpaired) electrons. The van der Waals surface area contributed by atoms with E-state index in [-0.39, 0.29) is 6.04 Å². The van der Waals surface area contributed by atoms with Crippen LogP contribution >= 0.6 is 0 Å². The topological polar surface area (TPSA) is 66.7 Å². The van der Waals surface area contributed by atoms with Crippen LogP contribution in [-0.4, -0.2) is 10.2 Å². The Bertz CT molecular complexity index is 492. The highest BCUT2D eigenvalue weighted by Crippen LogP contribution is 2.36. The third-order valence-corrected chi connectivity index (χ3v) is 3.37. The van der Waals surface area contributed by atoms with Crippen molar-refractivity contribution in [3.63, 3.8) is 0 Å². The van der Waals surface area contributed by atoms with Gasteiger partial charge in [0.15, 0.2) is 0 Å². The van der Waals surface area contributed by atoms with Crippen LogP contribution in [0.25, 0.3) is 0 Å². The van der Waals surface area contributed by atoms with Gasteiger partial charge in [-0.15, -0.1) is 0 Å². The quantitative estimate of drug-likeness (QED) is 0.748. The largest absolute Gasteiger partial charge is 0.324 e. The number of aromatic nitrogens is 2. The molecule has 0 amide bonds. The summed E-state index contributed by atoms with van der Waals surface area (Å²) in [7, 11) is 0. The molecule has 2 unspecified atom stereocenters. The fourth-order valence-electron chi connectivity index (χ4n) is 2.48. The van der Waals surface area contributed by atoms with E-state index < -0.39 is 0 Å². The molecule has 0 spiro atoms. The Balaban J connectivity index is 1.73. The number of hydrogen-bond acceptors (Lipinski definition) is 3. The lowest BCUT2D eigenvalue weighted by Crippen LogP contribution is -2.19. The minimum absolute atomic E-state index is 0.160. The minimum atomic E-state index is 0.160. The zero-order chi connectivity index (χ0) is 11.7. The molecule has 88 valence electrons. The standard InChI is InChI=1S/C13H16N4/c14-12-5-13(11-4-2-1-3-10(11)12)15-6-9-7-16-17-8-9/h1-4,7-8,12-13,15H,5-6,14H2,(H,16,17). The molecule has 1 aliphatic rings. The van der Waals surface area contributed by atoms with Crippen LogP contribution < -0.4 is 11.1 Å². The lowest BCUT2D eigenvalue weighted by molar-refractivity contribution is 0.498. The molecule has 4 N–H and O–H groups in total. The molecule has 2 atom stereocenters. The average Bonchev–Trinajstić information content (AvgIpc) is 2.96. The summed E-state index contributed by atoms with van der Waals surface area (Å²) in [4.78, 5) is 0. The van der Waals surface area contributed by atoms with Gasteiger partial charge in [0.1, 0.15) is 0 Å². The second kappa shape index (κ2) is 4.31. The number of benzene rings is 1. The van der Waals surface area contributed by atoms with Crippen molar-refractivity contribution in [1.82, 2.24) is 15.5 Å². The molecule has 3 rings (SSSR count). The lowest BCUT2D eigenvalue weighted by Gasteiger charge is -2.12. The van der Waals surface area contributed by atoms with Crippen molar-refractivity contribution in [2.45, 2.75) is 25.0 Å². The number of nitrogens with zero attached hydrogens (tertiary/aromatic N) is 1. The SMILES string of the molecule is NC1CC(NCc2cn[nH]c2)c2ccccc21. The number of rotatable bonds is 3. The lowest BCUT2D eigenvalue weighted by atomic mass is 10.1. The summed E-state index contributed by atoms with van der Waals surface area (Å²) in [5.74, 6) is 0. The molecular weight excluding hydrogens is 212 g/mol. The Labute approximate surface area is 100 Å². The first-order chi connectivity index (χ1) is 8.34. The molecule has 0 fully saturated rings. The Hall–Kier alpha value is -1.65. The molecule has 17 heavy (non-hydrogen) atoms. The van der Waals surface area contributed by atoms with Crippen molar-refractivity contribution >= 4 is 0 Å². The molecule has 0 aliphatic heterocycles. The van der Waals surface area contributed by atoms with E-state index in [2.05, 4.69) is 39.8 Å². The zero-order valence-corrected chi connectivity index (χ0v) is 9.56. The summed E-state index contributed by atoms with van der Waals surface area (Å²) >= 11 is 0. The van der Waals surface area contributed by atoms with E-state index in [1.807, 2.05) is 12.4 Å². The van der Waals surface area contributed by atoms with Gasteiger partial charge in [-0.05, 0) is 17.5 Å². The van der Waals surface area contributed by atoms with Gasteiger partial charge in [-0.25, -0.2) is 0 Å². The van der Waals surface area contributed by atoms with Crippen LogP contribution in [0.5, 0.6) is 0 Å². The highest BCUT2D eigenvalue weighted by Gasteiger charge is 2.27. The second-order valence-corrected chi connectivity index (χ2v) is 4.51. The van der Waals surface area contributed by atoms with Crippen molar-refractivity contribution in [1.29, 1.82) is 0 Å². The van der Waals surface area contributed by atoms with Gasteiger partial charge in [-0.2, -0.15) is 5.10 Å². The Morgan fingerprint density at radius 2 is 2.18 bits per heavy atom. The summed E-state index contributed by atoms with van der Waals surface area (Å²) in [5, 5.41) is 10.3. The molecule has 0 saturated carbocycles. The van der Waals surface area contributed by atoms with Crippen LogP contribution in [0, 0.1) is 0 Å². The van der Waals surface area contributed by atoms with Crippen LogP contribution in [0.3, 0.4) is 0 Å². The van der Waals surface area contributed by atoms with Crippen LogP contribution in [0.2, 0.25) is 0 Å². The molecule has 2 aromatic rings. The average molecular weight is 228 g/mol. The van der Waals surface area contributed by atoms with Gasteiger partial charge in [0, 0.05) is 30.4 Å². The number of hydrogen-bond donors (Lipinski definition) is 3. The molecule has 4 nitrogen and oxygen atoms in total. The van der Waals surface area contributed by atoms with Gasteiger partial charge in [0.25, 0.3) is 0 Å². The molecule has 1 aromatic carbocycles. The summed E-state index contributed by atoms with van der Waals surface area (Å²) in [6, 6.07) is 8.93. The normalized spacial score (nSPS) is 22.6. The highest BCUT2D eigenvalue weighted by atomic mass is 15.1. The molecule has 0 bridgehead atoms. The van der Waals surface area contributed by atoms with Crippen LogP contribution in [0.15, 0.2) is 36.7 Å². The first-order valence-corrected chi connectivity index (χ1v) is 5.90. The molecular formula is C13H16N4. The van der Waals surface area contributed by atoms with Gasteiger partial charge < -0.3 is 11.1 Å². The predicted molar refractivity (Wildman–Crippen MR) is 66.2 cm³/mol. The molecule has 1 heterocycles. The first-order valence-electron chi connectivity index (χ1n) is 5.90. The van der Waals surface area contributed by atoms with Gasteiger partial charge in [-0.3, -0.25) is 5.10 Å². The van der Waals surface area contributed by atoms with Crippen LogP contribution in [-0.2, 0) is 6.54 Å². The van der Waals surface area contributed by atoms with E-state index in [9.17, 15) is 0 Å². The molecule has 0 saturated heterocycles. The number of nitrogens with one attached hydrogen (secondary N) is 2. The van der Waals surface area contributed by atoms with Crippen molar-refractivity contribution in [3.8, 4) is 0 Å². The fraction of sp³-hybridized carbons (Fsp3) is 0.308. The maximum absolute atomic E-state index is 6.13. The van der Waals surface area contributed by atoms with Gasteiger partial charge >= 0.3 is 0 Å². The maximum atomic E-state index is 6.13. The number of aromatic amines is 1. The maximum Gasteiger partial charge on any atom is 0.0532 e. The summed E-state index contributed by atoms with van der Waals surface area (Å²) in [6.45, 7) is 0.822. The third-order valence-electron chi connectivity index (χ3n) is 3.37. The van der Waals surface area contributed by atoms with Crippen molar-refractivity contribution < 1.29 is 0 Å². The van der Waals surface area contributed by atoms with Gasteiger partial charge in [-0.1, -0.05) is 24.3 Å². The second-order valence-electron chi connectivity index (χ2n) is 4.51. The number of H-pyrrole nitrogens is 1. The Morgan fingerprint density at radius 3 is 2.94 bits per heavy atom. The fourth-order valence-corrected chi connectivity index (χ4v) is 2.48. The van der Waals surface area contributed by atoms with E-state index in [1.54, 1.807) is 0 Å². The molecule has 4 heteroatoms. The predicted octanol–water partition coefficient (Wildman–Crippen LogP) is 1.64. The van der Waals surface area contributed by atoms with E-state index in [0.29, 0.717) is 6.04 Å². The van der Waals surface area contributed by atoms with Gasteiger partial charge in [0.05, 0.1) is 6.20 Å². The monoisotopic (exact) mass is 228 g/mol.